The molecule has 0 spiro atoms. The molecule has 0 bridgehead atoms. The summed E-state index contributed by atoms with van der Waals surface area (Å²) in [6.45, 7) is 12.7. The molecule has 2 aromatic carbocycles. The van der Waals surface area contributed by atoms with E-state index in [4.69, 9.17) is 9.31 Å². The Kier molecular flexibility index (Phi) is 8.99. The predicted octanol–water partition coefficient (Wildman–Crippen LogP) is 7.12. The highest BCUT2D eigenvalue weighted by atomic mass is 16.7. The van der Waals surface area contributed by atoms with E-state index in [0.717, 1.165) is 19.4 Å². The first-order chi connectivity index (χ1) is 15.3. The summed E-state index contributed by atoms with van der Waals surface area (Å²) in [5, 5.41) is 0. The van der Waals surface area contributed by atoms with E-state index in [1.807, 2.05) is 0 Å². The van der Waals surface area contributed by atoms with Crippen LogP contribution < -0.4 is 0 Å². The zero-order chi connectivity index (χ0) is 23.0. The highest BCUT2D eigenvalue weighted by molar-refractivity contribution is 6.45. The highest BCUT2D eigenvalue weighted by Gasteiger charge is 2.51. The third-order valence-corrected chi connectivity index (χ3v) is 7.13. The lowest BCUT2D eigenvalue weighted by Gasteiger charge is -2.33. The van der Waals surface area contributed by atoms with Crippen LogP contribution in [0.1, 0.15) is 77.8 Å². The van der Waals surface area contributed by atoms with Crippen molar-refractivity contribution in [2.75, 3.05) is 0 Å². The summed E-state index contributed by atoms with van der Waals surface area (Å²) in [6, 6.07) is 22.1. The molecule has 0 aromatic heterocycles. The topological polar surface area (TPSA) is 21.7 Å². The molecule has 3 rings (SSSR count). The summed E-state index contributed by atoms with van der Waals surface area (Å²) < 4.78 is 12.8. The van der Waals surface area contributed by atoms with Gasteiger partial charge in [-0.1, -0.05) is 93.3 Å². The summed E-state index contributed by atoms with van der Waals surface area (Å²) in [5.74, 6) is 0. The van der Waals surface area contributed by atoms with E-state index >= 15 is 0 Å². The molecule has 1 fully saturated rings. The maximum atomic E-state index is 6.42. The Morgan fingerprint density at radius 2 is 1.25 bits per heavy atom. The minimum absolute atomic E-state index is 0.162. The van der Waals surface area contributed by atoms with E-state index in [1.54, 1.807) is 0 Å². The highest BCUT2D eigenvalue weighted by Crippen LogP contribution is 2.39. The summed E-state index contributed by atoms with van der Waals surface area (Å²) in [6.07, 6.45) is 7.18. The van der Waals surface area contributed by atoms with E-state index in [0.29, 0.717) is 6.04 Å². The Morgan fingerprint density at radius 1 is 0.750 bits per heavy atom. The zero-order valence-electron chi connectivity index (χ0n) is 20.8. The molecule has 0 N–H and O–H groups in total. The number of benzene rings is 2. The zero-order valence-corrected chi connectivity index (χ0v) is 20.8. The Hall–Kier alpha value is -1.62. The van der Waals surface area contributed by atoms with Gasteiger partial charge in [0.05, 0.1) is 11.2 Å². The molecule has 174 valence electrons. The van der Waals surface area contributed by atoms with E-state index in [-0.39, 0.29) is 18.3 Å². The normalized spacial score (nSPS) is 18.2. The predicted molar refractivity (Wildman–Crippen MR) is 136 cm³/mol. The lowest BCUT2D eigenvalue weighted by molar-refractivity contribution is 0.00578. The van der Waals surface area contributed by atoms with Gasteiger partial charge in [-0.3, -0.25) is 4.90 Å². The van der Waals surface area contributed by atoms with Crippen LogP contribution in [0.2, 0.25) is 6.32 Å². The van der Waals surface area contributed by atoms with Crippen LogP contribution in [0.25, 0.3) is 0 Å². The van der Waals surface area contributed by atoms with Crippen molar-refractivity contribution < 1.29 is 9.31 Å². The Balaban J connectivity index is 1.80. The van der Waals surface area contributed by atoms with E-state index in [1.165, 1.54) is 43.2 Å². The van der Waals surface area contributed by atoms with E-state index < -0.39 is 0 Å². The van der Waals surface area contributed by atoms with Crippen LogP contribution in [0.15, 0.2) is 60.7 Å². The SMILES string of the molecule is CCCCCCC(CB1OC(C)(C)C(C)(C)O1)N(Cc1ccccc1)Cc1ccccc1. The van der Waals surface area contributed by atoms with Crippen molar-refractivity contribution in [3.63, 3.8) is 0 Å². The minimum atomic E-state index is -0.284. The Bertz CT molecular complexity index is 736. The lowest BCUT2D eigenvalue weighted by Crippen LogP contribution is -2.41. The number of unbranched alkanes of at least 4 members (excludes halogenated alkanes) is 3. The van der Waals surface area contributed by atoms with Gasteiger partial charge in [0, 0.05) is 19.1 Å². The molecule has 0 radical (unpaired) electrons. The van der Waals surface area contributed by atoms with Crippen LogP contribution in [0.3, 0.4) is 0 Å². The van der Waals surface area contributed by atoms with Crippen molar-refractivity contribution in [2.24, 2.45) is 0 Å². The molecular formula is C28H42BNO2. The van der Waals surface area contributed by atoms with Gasteiger partial charge in [-0.15, -0.1) is 0 Å². The van der Waals surface area contributed by atoms with Gasteiger partial charge in [0.1, 0.15) is 0 Å². The van der Waals surface area contributed by atoms with Crippen molar-refractivity contribution in [2.45, 2.75) is 103 Å². The van der Waals surface area contributed by atoms with Crippen molar-refractivity contribution in [3.05, 3.63) is 71.8 Å². The van der Waals surface area contributed by atoms with E-state index in [2.05, 4.69) is 100 Å². The standard InChI is InChI=1S/C28H42BNO2/c1-6-7-8-15-20-26(21-29-31-27(2,3)28(4,5)32-29)30(22-24-16-11-9-12-17-24)23-25-18-13-10-14-19-25/h9-14,16-19,26H,6-8,15,20-23H2,1-5H3. The second-order valence-corrected chi connectivity index (χ2v) is 10.3. The second-order valence-electron chi connectivity index (χ2n) is 10.3. The molecule has 0 aliphatic carbocycles. The van der Waals surface area contributed by atoms with Gasteiger partial charge in [0.25, 0.3) is 0 Å². The second kappa shape index (κ2) is 11.5. The number of nitrogens with zero attached hydrogens (tertiary/aromatic N) is 1. The summed E-state index contributed by atoms with van der Waals surface area (Å²) in [5.41, 5.74) is 2.15. The first-order valence-electron chi connectivity index (χ1n) is 12.5. The van der Waals surface area contributed by atoms with Crippen LogP contribution in [-0.2, 0) is 22.4 Å². The third kappa shape index (κ3) is 6.94. The first kappa shape index (κ1) is 25.0. The van der Waals surface area contributed by atoms with Crippen molar-refractivity contribution in [1.82, 2.24) is 4.90 Å². The van der Waals surface area contributed by atoms with Crippen molar-refractivity contribution >= 4 is 7.12 Å². The summed E-state index contributed by atoms with van der Waals surface area (Å²) in [7, 11) is -0.162. The van der Waals surface area contributed by atoms with Crippen LogP contribution in [0.5, 0.6) is 0 Å². The van der Waals surface area contributed by atoms with Gasteiger partial charge in [-0.05, 0) is 51.6 Å². The van der Waals surface area contributed by atoms with Crippen LogP contribution in [-0.4, -0.2) is 29.3 Å². The average molecular weight is 435 g/mol. The monoisotopic (exact) mass is 435 g/mol. The largest absolute Gasteiger partial charge is 0.459 e. The van der Waals surface area contributed by atoms with Gasteiger partial charge < -0.3 is 9.31 Å². The van der Waals surface area contributed by atoms with Gasteiger partial charge in [-0.25, -0.2) is 0 Å². The minimum Gasteiger partial charge on any atom is -0.403 e. The fourth-order valence-electron chi connectivity index (χ4n) is 4.49. The molecule has 2 aromatic rings. The summed E-state index contributed by atoms with van der Waals surface area (Å²) >= 11 is 0. The fourth-order valence-corrected chi connectivity index (χ4v) is 4.49. The Morgan fingerprint density at radius 3 is 1.72 bits per heavy atom. The molecule has 1 aliphatic heterocycles. The smallest absolute Gasteiger partial charge is 0.403 e. The van der Waals surface area contributed by atoms with Crippen LogP contribution >= 0.6 is 0 Å². The molecule has 1 saturated heterocycles. The molecule has 0 saturated carbocycles. The molecule has 1 heterocycles. The quantitative estimate of drug-likeness (QED) is 0.262. The van der Waals surface area contributed by atoms with Crippen molar-refractivity contribution in [1.29, 1.82) is 0 Å². The van der Waals surface area contributed by atoms with Crippen molar-refractivity contribution in [3.8, 4) is 0 Å². The molecule has 1 unspecified atom stereocenters. The molecule has 3 nitrogen and oxygen atoms in total. The molecule has 0 amide bonds. The average Bonchev–Trinajstić information content (AvgIpc) is 2.97. The first-order valence-corrected chi connectivity index (χ1v) is 12.5. The lowest BCUT2D eigenvalue weighted by atomic mass is 9.78. The molecule has 4 heteroatoms. The van der Waals surface area contributed by atoms with Crippen LogP contribution in [0, 0.1) is 0 Å². The molecule has 1 atom stereocenters. The number of rotatable bonds is 12. The Labute approximate surface area is 196 Å². The fraction of sp³-hybridized carbons (Fsp3) is 0.571. The third-order valence-electron chi connectivity index (χ3n) is 7.13. The van der Waals surface area contributed by atoms with E-state index in [9.17, 15) is 0 Å². The van der Waals surface area contributed by atoms with Gasteiger partial charge in [-0.2, -0.15) is 0 Å². The maximum Gasteiger partial charge on any atom is 0.459 e. The summed E-state index contributed by atoms with van der Waals surface area (Å²) in [4.78, 5) is 2.64. The van der Waals surface area contributed by atoms with Gasteiger partial charge in [0.15, 0.2) is 0 Å². The van der Waals surface area contributed by atoms with Gasteiger partial charge >= 0.3 is 7.12 Å². The van der Waals surface area contributed by atoms with Gasteiger partial charge in [0.2, 0.25) is 0 Å². The maximum absolute atomic E-state index is 6.42. The number of hydrogen-bond donors (Lipinski definition) is 0. The van der Waals surface area contributed by atoms with Crippen LogP contribution in [0.4, 0.5) is 0 Å². The molecular weight excluding hydrogens is 393 g/mol. The molecule has 32 heavy (non-hydrogen) atoms. The molecule has 1 aliphatic rings. The number of hydrogen-bond acceptors (Lipinski definition) is 3.